The van der Waals surface area contributed by atoms with Crippen LogP contribution >= 0.6 is 22.9 Å². The summed E-state index contributed by atoms with van der Waals surface area (Å²) in [5, 5.41) is 4.76. The number of methoxy groups -OCH3 is 1. The number of rotatable bonds is 6. The van der Waals surface area contributed by atoms with E-state index in [0.717, 1.165) is 24.2 Å². The summed E-state index contributed by atoms with van der Waals surface area (Å²) < 4.78 is 7.76. The van der Waals surface area contributed by atoms with E-state index >= 15 is 0 Å². The fraction of sp³-hybridized carbons (Fsp3) is 0.524. The first-order valence-corrected chi connectivity index (χ1v) is 10.6. The average molecular weight is 424 g/mol. The molecule has 0 spiro atoms. The number of hydrogen-bond donors (Lipinski definition) is 0. The van der Waals surface area contributed by atoms with E-state index in [2.05, 4.69) is 44.3 Å². The van der Waals surface area contributed by atoms with E-state index in [1.165, 1.54) is 17.7 Å². The van der Waals surface area contributed by atoms with Crippen molar-refractivity contribution in [3.05, 3.63) is 44.2 Å². The maximum atomic E-state index is 6.21. The monoisotopic (exact) mass is 423 g/mol. The molecule has 154 valence electrons. The topological polar surface area (TPSA) is 48.1 Å². The predicted molar refractivity (Wildman–Crippen MR) is 118 cm³/mol. The van der Waals surface area contributed by atoms with Gasteiger partial charge in [0.2, 0.25) is 5.84 Å². The molecule has 0 aliphatic carbocycles. The lowest BCUT2D eigenvalue weighted by Crippen LogP contribution is -2.19. The molecule has 7 heteroatoms. The average Bonchev–Trinajstić information content (AvgIpc) is 2.95. The molecule has 5 nitrogen and oxygen atoms in total. The molecule has 2 rings (SSSR count). The van der Waals surface area contributed by atoms with Gasteiger partial charge in [-0.2, -0.15) is 4.99 Å². The summed E-state index contributed by atoms with van der Waals surface area (Å²) in [5.74, 6) is 1.09. The van der Waals surface area contributed by atoms with Crippen molar-refractivity contribution in [1.82, 2.24) is 4.57 Å². The van der Waals surface area contributed by atoms with E-state index < -0.39 is 0 Å². The molecule has 1 heterocycles. The number of ether oxygens (including phenoxy) is 1. The number of hydrogen-bond acceptors (Lipinski definition) is 4. The van der Waals surface area contributed by atoms with E-state index in [4.69, 9.17) is 26.2 Å². The van der Waals surface area contributed by atoms with Crippen LogP contribution in [0.25, 0.3) is 0 Å². The highest BCUT2D eigenvalue weighted by Gasteiger charge is 2.22. The zero-order valence-electron chi connectivity index (χ0n) is 17.8. The molecule has 0 saturated heterocycles. The number of aromatic nitrogens is 1. The summed E-state index contributed by atoms with van der Waals surface area (Å²) in [6.45, 7) is 12.0. The Bertz CT molecular complexity index is 907. The van der Waals surface area contributed by atoms with Gasteiger partial charge in [-0.3, -0.25) is 0 Å². The van der Waals surface area contributed by atoms with Crippen molar-refractivity contribution in [2.45, 2.75) is 59.4 Å². The van der Waals surface area contributed by atoms with Crippen molar-refractivity contribution in [3.63, 3.8) is 0 Å². The predicted octanol–water partition coefficient (Wildman–Crippen LogP) is 5.53. The quantitative estimate of drug-likeness (QED) is 0.348. The number of nitrogens with zero attached hydrogens (tertiary/aromatic N) is 3. The number of benzene rings is 1. The third-order valence-electron chi connectivity index (χ3n) is 4.36. The van der Waals surface area contributed by atoms with E-state index in [0.29, 0.717) is 22.2 Å². The summed E-state index contributed by atoms with van der Waals surface area (Å²) in [7, 11) is 3.13. The molecule has 1 aromatic carbocycles. The van der Waals surface area contributed by atoms with Gasteiger partial charge < -0.3 is 14.1 Å². The minimum absolute atomic E-state index is 0.0444. The fourth-order valence-electron chi connectivity index (χ4n) is 3.01. The first-order valence-electron chi connectivity index (χ1n) is 9.43. The Morgan fingerprint density at radius 2 is 1.96 bits per heavy atom. The van der Waals surface area contributed by atoms with Gasteiger partial charge in [-0.05, 0) is 37.0 Å². The zero-order chi connectivity index (χ0) is 20.9. The second-order valence-corrected chi connectivity index (χ2v) is 9.02. The molecule has 0 radical (unpaired) electrons. The van der Waals surface area contributed by atoms with Gasteiger partial charge in [0.25, 0.3) is 0 Å². The molecule has 0 fully saturated rings. The van der Waals surface area contributed by atoms with Crippen LogP contribution in [0.15, 0.2) is 28.3 Å². The van der Waals surface area contributed by atoms with Crippen LogP contribution in [-0.4, -0.2) is 24.6 Å². The van der Waals surface area contributed by atoms with Gasteiger partial charge in [0, 0.05) is 22.1 Å². The second kappa shape index (κ2) is 9.61. The zero-order valence-corrected chi connectivity index (χ0v) is 19.4. The second-order valence-electron chi connectivity index (χ2n) is 7.61. The Hall–Kier alpha value is -1.79. The summed E-state index contributed by atoms with van der Waals surface area (Å²) in [6.07, 6.45) is 2.21. The van der Waals surface area contributed by atoms with Gasteiger partial charge in [-0.25, -0.2) is 0 Å². The van der Waals surface area contributed by atoms with E-state index in [1.54, 1.807) is 30.6 Å². The van der Waals surface area contributed by atoms with Gasteiger partial charge in [-0.15, -0.1) is 11.3 Å². The Balaban J connectivity index is 2.72. The Kier molecular flexibility index (Phi) is 7.72. The summed E-state index contributed by atoms with van der Waals surface area (Å²) in [5.41, 5.74) is 1.99. The van der Waals surface area contributed by atoms with Crippen LogP contribution in [0.3, 0.4) is 0 Å². The molecule has 0 atom stereocenters. The highest BCUT2D eigenvalue weighted by Crippen LogP contribution is 2.29. The molecule has 0 amide bonds. The molecule has 0 aliphatic rings. The number of amidine groups is 1. The van der Waals surface area contributed by atoms with Gasteiger partial charge in [0.1, 0.15) is 12.9 Å². The molecule has 0 aliphatic heterocycles. The number of unbranched alkanes of at least 4 members (excludes halogenated alkanes) is 1. The van der Waals surface area contributed by atoms with Crippen LogP contribution in [0.4, 0.5) is 0 Å². The first kappa shape index (κ1) is 22.5. The molecule has 2 aromatic rings. The van der Waals surface area contributed by atoms with Crippen molar-refractivity contribution >= 4 is 28.8 Å². The molecule has 0 bridgehead atoms. The third-order valence-corrected chi connectivity index (χ3v) is 6.20. The molecular weight excluding hydrogens is 394 g/mol. The molecular formula is C21H30ClN3O2S. The number of oxime groups is 1. The van der Waals surface area contributed by atoms with Gasteiger partial charge in [-0.1, -0.05) is 50.9 Å². The highest BCUT2D eigenvalue weighted by atomic mass is 35.5. The van der Waals surface area contributed by atoms with Crippen LogP contribution in [0.5, 0.6) is 5.75 Å². The van der Waals surface area contributed by atoms with Gasteiger partial charge in [0.05, 0.1) is 12.7 Å². The molecule has 28 heavy (non-hydrogen) atoms. The van der Waals surface area contributed by atoms with Crippen molar-refractivity contribution in [2.24, 2.45) is 10.1 Å². The smallest absolute Gasteiger partial charge is 0.205 e. The van der Waals surface area contributed by atoms with Crippen molar-refractivity contribution < 1.29 is 9.57 Å². The summed E-state index contributed by atoms with van der Waals surface area (Å²) in [4.78, 5) is 12.2. The number of thiazole rings is 1. The largest absolute Gasteiger partial charge is 0.496 e. The Morgan fingerprint density at radius 3 is 2.54 bits per heavy atom. The maximum Gasteiger partial charge on any atom is 0.205 e. The maximum absolute atomic E-state index is 6.21. The van der Waals surface area contributed by atoms with Crippen molar-refractivity contribution in [2.75, 3.05) is 14.2 Å². The van der Waals surface area contributed by atoms with Gasteiger partial charge in [0.15, 0.2) is 4.80 Å². The summed E-state index contributed by atoms with van der Waals surface area (Å²) >= 11 is 7.91. The van der Waals surface area contributed by atoms with Crippen LogP contribution in [0.1, 0.15) is 56.7 Å². The standard InChI is InChI=1S/C21H30ClN3O2S/c1-8-9-12-25-14(2)18(21(3,4)5)28-20(25)23-19(24-27-7)16-13-15(22)10-11-17(16)26-6/h10-11,13H,8-9,12H2,1-7H3/b23-20?,24-19-. The lowest BCUT2D eigenvalue weighted by Gasteiger charge is -2.17. The third kappa shape index (κ3) is 5.17. The molecule has 0 saturated carbocycles. The Morgan fingerprint density at radius 1 is 1.25 bits per heavy atom. The number of halogens is 1. The van der Waals surface area contributed by atoms with E-state index in [-0.39, 0.29) is 5.41 Å². The summed E-state index contributed by atoms with van der Waals surface area (Å²) in [6, 6.07) is 5.38. The van der Waals surface area contributed by atoms with E-state index in [1.807, 2.05) is 6.07 Å². The molecule has 0 N–H and O–H groups in total. The Labute approximate surface area is 176 Å². The van der Waals surface area contributed by atoms with Crippen LogP contribution in [0, 0.1) is 6.92 Å². The minimum atomic E-state index is 0.0444. The van der Waals surface area contributed by atoms with Crippen molar-refractivity contribution in [3.8, 4) is 5.75 Å². The van der Waals surface area contributed by atoms with Crippen molar-refractivity contribution in [1.29, 1.82) is 0 Å². The van der Waals surface area contributed by atoms with Crippen LogP contribution in [-0.2, 0) is 16.8 Å². The fourth-order valence-corrected chi connectivity index (χ4v) is 4.40. The van der Waals surface area contributed by atoms with Gasteiger partial charge >= 0.3 is 0 Å². The molecule has 1 aromatic heterocycles. The SMILES string of the molecule is CCCCn1c(C)c(C(C)(C)C)sc1=N/C(=N\OC)c1cc(Cl)ccc1OC. The molecule has 0 unspecified atom stereocenters. The lowest BCUT2D eigenvalue weighted by molar-refractivity contribution is 0.213. The highest BCUT2D eigenvalue weighted by molar-refractivity contribution is 7.09. The van der Waals surface area contributed by atoms with E-state index in [9.17, 15) is 0 Å². The van der Waals surface area contributed by atoms with Crippen LogP contribution < -0.4 is 9.54 Å². The van der Waals surface area contributed by atoms with Crippen LogP contribution in [0.2, 0.25) is 5.02 Å². The minimum Gasteiger partial charge on any atom is -0.496 e. The first-order chi connectivity index (χ1) is 13.2. The normalized spacial score (nSPS) is 13.1. The lowest BCUT2D eigenvalue weighted by atomic mass is 9.93.